The van der Waals surface area contributed by atoms with Crippen molar-refractivity contribution in [3.05, 3.63) is 29.6 Å². The summed E-state index contributed by atoms with van der Waals surface area (Å²) in [5.74, 6) is -0.877. The first-order chi connectivity index (χ1) is 6.63. The molecule has 0 saturated carbocycles. The number of carboxylic acids is 1. The van der Waals surface area contributed by atoms with E-state index in [1.54, 1.807) is 6.20 Å². The summed E-state index contributed by atoms with van der Waals surface area (Å²) in [7, 11) is 1.49. The van der Waals surface area contributed by atoms with Crippen LogP contribution in [0.25, 0.3) is 0 Å². The van der Waals surface area contributed by atoms with Crippen molar-refractivity contribution in [3.63, 3.8) is 0 Å². The van der Waals surface area contributed by atoms with E-state index in [-0.39, 0.29) is 6.42 Å². The summed E-state index contributed by atoms with van der Waals surface area (Å²) in [6.07, 6.45) is 1.19. The molecular weight excluding hydrogens is 182 g/mol. The molecule has 4 heteroatoms. The molecule has 14 heavy (non-hydrogen) atoms. The van der Waals surface area contributed by atoms with Gasteiger partial charge < -0.3 is 9.84 Å². The maximum Gasteiger partial charge on any atom is 0.306 e. The molecule has 0 radical (unpaired) electrons. The van der Waals surface area contributed by atoms with Gasteiger partial charge in [0, 0.05) is 19.0 Å². The summed E-state index contributed by atoms with van der Waals surface area (Å²) < 4.78 is 5.07. The number of pyridine rings is 1. The van der Waals surface area contributed by atoms with Crippen LogP contribution in [-0.2, 0) is 9.53 Å². The highest BCUT2D eigenvalue weighted by molar-refractivity contribution is 5.67. The Hall–Kier alpha value is -1.42. The van der Waals surface area contributed by atoms with E-state index in [0.717, 1.165) is 11.3 Å². The molecule has 0 amide bonds. The number of aryl methyl sites for hydroxylation is 1. The third-order valence-electron chi connectivity index (χ3n) is 1.95. The first kappa shape index (κ1) is 10.7. The highest BCUT2D eigenvalue weighted by atomic mass is 16.5. The van der Waals surface area contributed by atoms with Gasteiger partial charge in [-0.3, -0.25) is 9.78 Å². The van der Waals surface area contributed by atoms with Gasteiger partial charge in [-0.25, -0.2) is 0 Å². The zero-order chi connectivity index (χ0) is 10.6. The molecule has 0 fully saturated rings. The number of ether oxygens (including phenoxy) is 1. The maximum atomic E-state index is 10.5. The molecule has 0 bridgehead atoms. The van der Waals surface area contributed by atoms with Gasteiger partial charge in [-0.15, -0.1) is 0 Å². The lowest BCUT2D eigenvalue weighted by Gasteiger charge is -2.12. The molecule has 1 atom stereocenters. The normalized spacial score (nSPS) is 12.4. The van der Waals surface area contributed by atoms with E-state index in [9.17, 15) is 4.79 Å². The lowest BCUT2D eigenvalue weighted by molar-refractivity contribution is -0.139. The van der Waals surface area contributed by atoms with Crippen LogP contribution in [0, 0.1) is 6.92 Å². The van der Waals surface area contributed by atoms with Crippen molar-refractivity contribution in [2.45, 2.75) is 19.4 Å². The van der Waals surface area contributed by atoms with Gasteiger partial charge in [0.15, 0.2) is 0 Å². The molecule has 1 rings (SSSR count). The Morgan fingerprint density at radius 2 is 2.36 bits per heavy atom. The SMILES string of the molecule is COC(CC(=O)O)c1ccc(C)nc1. The molecule has 4 nitrogen and oxygen atoms in total. The zero-order valence-corrected chi connectivity index (χ0v) is 8.23. The second kappa shape index (κ2) is 4.72. The molecule has 0 aliphatic rings. The Labute approximate surface area is 82.5 Å². The van der Waals surface area contributed by atoms with Gasteiger partial charge in [0.2, 0.25) is 0 Å². The number of hydrogen-bond acceptors (Lipinski definition) is 3. The van der Waals surface area contributed by atoms with Gasteiger partial charge in [-0.2, -0.15) is 0 Å². The van der Waals surface area contributed by atoms with E-state index in [2.05, 4.69) is 4.98 Å². The lowest BCUT2D eigenvalue weighted by Crippen LogP contribution is -2.08. The first-order valence-corrected chi connectivity index (χ1v) is 4.30. The van der Waals surface area contributed by atoms with Crippen LogP contribution in [0.2, 0.25) is 0 Å². The maximum absolute atomic E-state index is 10.5. The largest absolute Gasteiger partial charge is 0.481 e. The van der Waals surface area contributed by atoms with E-state index in [1.165, 1.54) is 7.11 Å². The monoisotopic (exact) mass is 195 g/mol. The number of hydrogen-bond donors (Lipinski definition) is 1. The summed E-state index contributed by atoms with van der Waals surface area (Å²) in [4.78, 5) is 14.6. The fourth-order valence-corrected chi connectivity index (χ4v) is 1.17. The fourth-order valence-electron chi connectivity index (χ4n) is 1.17. The van der Waals surface area contributed by atoms with E-state index in [4.69, 9.17) is 9.84 Å². The Bertz CT molecular complexity index is 308. The number of carbonyl (C=O) groups is 1. The molecule has 1 aromatic heterocycles. The fraction of sp³-hybridized carbons (Fsp3) is 0.400. The van der Waals surface area contributed by atoms with Crippen molar-refractivity contribution < 1.29 is 14.6 Å². The van der Waals surface area contributed by atoms with Crippen LogP contribution >= 0.6 is 0 Å². The van der Waals surface area contributed by atoms with Crippen LogP contribution in [0.5, 0.6) is 0 Å². The van der Waals surface area contributed by atoms with Crippen LogP contribution in [0.3, 0.4) is 0 Å². The van der Waals surface area contributed by atoms with Crippen LogP contribution in [0.15, 0.2) is 18.3 Å². The minimum absolute atomic E-state index is 0.0404. The predicted molar refractivity (Wildman–Crippen MR) is 51.0 cm³/mol. The minimum atomic E-state index is -0.877. The van der Waals surface area contributed by atoms with E-state index in [0.29, 0.717) is 0 Å². The zero-order valence-electron chi connectivity index (χ0n) is 8.23. The first-order valence-electron chi connectivity index (χ1n) is 4.30. The Balaban J connectivity index is 2.78. The summed E-state index contributed by atoms with van der Waals surface area (Å²) >= 11 is 0. The van der Waals surface area contributed by atoms with Gasteiger partial charge in [-0.05, 0) is 18.6 Å². The molecule has 76 valence electrons. The average Bonchev–Trinajstić information content (AvgIpc) is 2.15. The lowest BCUT2D eigenvalue weighted by atomic mass is 10.1. The molecule has 0 saturated heterocycles. The Morgan fingerprint density at radius 1 is 1.64 bits per heavy atom. The molecular formula is C10H13NO3. The molecule has 1 aromatic rings. The topological polar surface area (TPSA) is 59.4 Å². The number of methoxy groups -OCH3 is 1. The van der Waals surface area contributed by atoms with Crippen molar-refractivity contribution in [2.24, 2.45) is 0 Å². The highest BCUT2D eigenvalue weighted by Crippen LogP contribution is 2.19. The van der Waals surface area contributed by atoms with Gasteiger partial charge in [0.1, 0.15) is 0 Å². The number of carboxylic acid groups (broad SMARTS) is 1. The second-order valence-electron chi connectivity index (χ2n) is 3.06. The number of rotatable bonds is 4. The minimum Gasteiger partial charge on any atom is -0.481 e. The van der Waals surface area contributed by atoms with Crippen molar-refractivity contribution in [1.29, 1.82) is 0 Å². The standard InChI is InChI=1S/C10H13NO3/c1-7-3-4-8(6-11-7)9(14-2)5-10(12)13/h3-4,6,9H,5H2,1-2H3,(H,12,13). The van der Waals surface area contributed by atoms with Crippen LogP contribution in [-0.4, -0.2) is 23.2 Å². The molecule has 0 spiro atoms. The van der Waals surface area contributed by atoms with Crippen molar-refractivity contribution in [1.82, 2.24) is 4.98 Å². The van der Waals surface area contributed by atoms with Gasteiger partial charge in [-0.1, -0.05) is 6.07 Å². The summed E-state index contributed by atoms with van der Waals surface area (Å²) in [6.45, 7) is 1.88. The third-order valence-corrected chi connectivity index (χ3v) is 1.95. The second-order valence-corrected chi connectivity index (χ2v) is 3.06. The van der Waals surface area contributed by atoms with Crippen molar-refractivity contribution in [2.75, 3.05) is 7.11 Å². The average molecular weight is 195 g/mol. The highest BCUT2D eigenvalue weighted by Gasteiger charge is 2.14. The third kappa shape index (κ3) is 2.81. The van der Waals surface area contributed by atoms with Crippen LogP contribution < -0.4 is 0 Å². The summed E-state index contributed by atoms with van der Waals surface area (Å²) in [6, 6.07) is 3.67. The number of aromatic nitrogens is 1. The van der Waals surface area contributed by atoms with Gasteiger partial charge in [0.05, 0.1) is 12.5 Å². The molecule has 0 aromatic carbocycles. The van der Waals surface area contributed by atoms with Crippen LogP contribution in [0.4, 0.5) is 0 Å². The Kier molecular flexibility index (Phi) is 3.59. The molecule has 0 aliphatic heterocycles. The van der Waals surface area contributed by atoms with Crippen molar-refractivity contribution >= 4 is 5.97 Å². The van der Waals surface area contributed by atoms with E-state index in [1.807, 2.05) is 19.1 Å². The number of aliphatic carboxylic acids is 1. The quantitative estimate of drug-likeness (QED) is 0.791. The molecule has 0 aliphatic carbocycles. The predicted octanol–water partition coefficient (Wildman–Crippen LogP) is 1.55. The van der Waals surface area contributed by atoms with Crippen LogP contribution in [0.1, 0.15) is 23.8 Å². The van der Waals surface area contributed by atoms with E-state index >= 15 is 0 Å². The van der Waals surface area contributed by atoms with Crippen molar-refractivity contribution in [3.8, 4) is 0 Å². The smallest absolute Gasteiger partial charge is 0.306 e. The van der Waals surface area contributed by atoms with Gasteiger partial charge >= 0.3 is 5.97 Å². The van der Waals surface area contributed by atoms with E-state index < -0.39 is 12.1 Å². The summed E-state index contributed by atoms with van der Waals surface area (Å²) in [5.41, 5.74) is 1.69. The summed E-state index contributed by atoms with van der Waals surface area (Å²) in [5, 5.41) is 8.63. The molecule has 1 N–H and O–H groups in total. The molecule has 1 heterocycles. The number of nitrogens with zero attached hydrogens (tertiary/aromatic N) is 1. The van der Waals surface area contributed by atoms with Gasteiger partial charge in [0.25, 0.3) is 0 Å². The molecule has 1 unspecified atom stereocenters. The Morgan fingerprint density at radius 3 is 2.79 bits per heavy atom.